The molecule has 0 bridgehead atoms. The van der Waals surface area contributed by atoms with Crippen molar-refractivity contribution in [1.82, 2.24) is 14.7 Å². The molecule has 13 heteroatoms. The van der Waals surface area contributed by atoms with Crippen LogP contribution in [0.1, 0.15) is 11.1 Å². The summed E-state index contributed by atoms with van der Waals surface area (Å²) in [6, 6.07) is 12.7. The summed E-state index contributed by atoms with van der Waals surface area (Å²) in [6.07, 6.45) is -4.07. The zero-order chi connectivity index (χ0) is 24.5. The van der Waals surface area contributed by atoms with Crippen molar-refractivity contribution in [2.24, 2.45) is 0 Å². The van der Waals surface area contributed by atoms with E-state index < -0.39 is 33.5 Å². The second-order valence-electron chi connectivity index (χ2n) is 7.36. The van der Waals surface area contributed by atoms with Gasteiger partial charge in [0.1, 0.15) is 11.4 Å². The van der Waals surface area contributed by atoms with Gasteiger partial charge in [-0.2, -0.15) is 18.2 Å². The van der Waals surface area contributed by atoms with E-state index in [4.69, 9.17) is 0 Å². The summed E-state index contributed by atoms with van der Waals surface area (Å²) in [6.45, 7) is 0. The van der Waals surface area contributed by atoms with Crippen LogP contribution in [0.4, 0.5) is 42.0 Å². The van der Waals surface area contributed by atoms with Crippen LogP contribution in [-0.2, 0) is 27.4 Å². The van der Waals surface area contributed by atoms with Crippen molar-refractivity contribution < 1.29 is 26.4 Å². The lowest BCUT2D eigenvalue weighted by molar-refractivity contribution is -0.137. The van der Waals surface area contributed by atoms with Crippen LogP contribution in [-0.4, -0.2) is 37.2 Å². The number of rotatable bonds is 7. The largest absolute Gasteiger partial charge is 0.421 e. The molecule has 1 aliphatic heterocycles. The third kappa shape index (κ3) is 5.10. The number of nitrogens with zero attached hydrogens (tertiary/aromatic N) is 3. The summed E-state index contributed by atoms with van der Waals surface area (Å²) in [5.74, 6) is -1.78. The molecule has 0 saturated heterocycles. The molecular weight excluding hydrogens is 473 g/mol. The molecule has 0 spiro atoms. The standard InChI is InChI=1S/C21H19F3N6O3S/c1-25-34(32,33)12-30(15-5-3-2-4-6-15)19-16(21(22,23)24)11-26-20(29-19)27-14-7-8-17-13(9-14)10-18(31)28-17/h2-9,11,25H,10,12H2,1H3,(H,28,31)(H,26,27,29). The van der Waals surface area contributed by atoms with Crippen molar-refractivity contribution >= 4 is 44.8 Å². The first-order chi connectivity index (χ1) is 16.1. The number of benzene rings is 2. The molecule has 2 heterocycles. The number of amides is 1. The van der Waals surface area contributed by atoms with E-state index in [-0.39, 0.29) is 24.0 Å². The zero-order valence-electron chi connectivity index (χ0n) is 17.7. The van der Waals surface area contributed by atoms with Crippen molar-refractivity contribution in [3.05, 3.63) is 65.9 Å². The van der Waals surface area contributed by atoms with Gasteiger partial charge in [-0.1, -0.05) is 18.2 Å². The molecule has 1 aromatic heterocycles. The van der Waals surface area contributed by atoms with Gasteiger partial charge in [0.15, 0.2) is 5.82 Å². The van der Waals surface area contributed by atoms with Crippen LogP contribution < -0.4 is 20.3 Å². The number of fused-ring (bicyclic) bond motifs is 1. The SMILES string of the molecule is CNS(=O)(=O)CN(c1ccccc1)c1nc(Nc2ccc3c(c2)CC(=O)N3)ncc1C(F)(F)F. The topological polar surface area (TPSA) is 116 Å². The third-order valence-corrected chi connectivity index (χ3v) is 6.21. The lowest BCUT2D eigenvalue weighted by atomic mass is 10.1. The fourth-order valence-electron chi connectivity index (χ4n) is 3.38. The Labute approximate surface area is 193 Å². The first-order valence-corrected chi connectivity index (χ1v) is 11.6. The summed E-state index contributed by atoms with van der Waals surface area (Å²) in [4.78, 5) is 20.4. The maximum atomic E-state index is 13.9. The van der Waals surface area contributed by atoms with Gasteiger partial charge >= 0.3 is 6.18 Å². The van der Waals surface area contributed by atoms with Crippen molar-refractivity contribution in [2.75, 3.05) is 28.5 Å². The number of alkyl halides is 3. The number of halogens is 3. The molecule has 178 valence electrons. The highest BCUT2D eigenvalue weighted by molar-refractivity contribution is 7.89. The smallest absolute Gasteiger partial charge is 0.326 e. The van der Waals surface area contributed by atoms with Gasteiger partial charge in [0.05, 0.1) is 6.42 Å². The van der Waals surface area contributed by atoms with Crippen molar-refractivity contribution in [3.8, 4) is 0 Å². The summed E-state index contributed by atoms with van der Waals surface area (Å²) in [7, 11) is -2.80. The number of hydrogen-bond acceptors (Lipinski definition) is 7. The van der Waals surface area contributed by atoms with Gasteiger partial charge in [-0.25, -0.2) is 18.1 Å². The molecule has 0 aliphatic carbocycles. The molecular formula is C21H19F3N6O3S. The van der Waals surface area contributed by atoms with Gasteiger partial charge in [-0.05, 0) is 42.9 Å². The molecule has 2 aromatic carbocycles. The lowest BCUT2D eigenvalue weighted by Gasteiger charge is -2.26. The molecule has 34 heavy (non-hydrogen) atoms. The number of carbonyl (C=O) groups excluding carboxylic acids is 1. The Morgan fingerprint density at radius 2 is 1.88 bits per heavy atom. The van der Waals surface area contributed by atoms with E-state index >= 15 is 0 Å². The maximum Gasteiger partial charge on any atom is 0.421 e. The van der Waals surface area contributed by atoms with Gasteiger partial charge in [0.25, 0.3) is 0 Å². The van der Waals surface area contributed by atoms with E-state index in [9.17, 15) is 26.4 Å². The fourth-order valence-corrected chi connectivity index (χ4v) is 4.12. The first-order valence-electron chi connectivity index (χ1n) is 9.93. The number of anilines is 5. The predicted molar refractivity (Wildman–Crippen MR) is 121 cm³/mol. The molecule has 0 fully saturated rings. The first kappa shape index (κ1) is 23.4. The number of sulfonamides is 1. The molecule has 9 nitrogen and oxygen atoms in total. The van der Waals surface area contributed by atoms with E-state index in [2.05, 4.69) is 25.3 Å². The second-order valence-corrected chi connectivity index (χ2v) is 9.26. The number of hydrogen-bond donors (Lipinski definition) is 3. The molecule has 0 atom stereocenters. The van der Waals surface area contributed by atoms with Gasteiger partial charge in [0.2, 0.25) is 21.9 Å². The summed E-state index contributed by atoms with van der Waals surface area (Å²) >= 11 is 0. The lowest BCUT2D eigenvalue weighted by Crippen LogP contribution is -2.34. The van der Waals surface area contributed by atoms with Crippen LogP contribution in [0.5, 0.6) is 0 Å². The Balaban J connectivity index is 1.78. The van der Waals surface area contributed by atoms with Crippen LogP contribution in [0.3, 0.4) is 0 Å². The average molecular weight is 492 g/mol. The Hall–Kier alpha value is -3.71. The summed E-state index contributed by atoms with van der Waals surface area (Å²) in [5, 5.41) is 5.52. The second kappa shape index (κ2) is 8.91. The van der Waals surface area contributed by atoms with Gasteiger partial charge in [-0.3, -0.25) is 4.79 Å². The summed E-state index contributed by atoms with van der Waals surface area (Å²) in [5.41, 5.74) is 0.816. The maximum absolute atomic E-state index is 13.9. The number of carbonyl (C=O) groups is 1. The quantitative estimate of drug-likeness (QED) is 0.463. The van der Waals surface area contributed by atoms with Gasteiger partial charge in [-0.15, -0.1) is 0 Å². The van der Waals surface area contributed by atoms with Crippen LogP contribution in [0.2, 0.25) is 0 Å². The van der Waals surface area contributed by atoms with E-state index in [1.54, 1.807) is 36.4 Å². The number of aromatic nitrogens is 2. The van der Waals surface area contributed by atoms with Crippen molar-refractivity contribution in [3.63, 3.8) is 0 Å². The monoisotopic (exact) mass is 492 g/mol. The fraction of sp³-hybridized carbons (Fsp3) is 0.190. The van der Waals surface area contributed by atoms with Gasteiger partial charge in [0, 0.05) is 23.3 Å². The molecule has 0 radical (unpaired) electrons. The van der Waals surface area contributed by atoms with Crippen molar-refractivity contribution in [2.45, 2.75) is 12.6 Å². The Morgan fingerprint density at radius 3 is 2.56 bits per heavy atom. The molecule has 0 unspecified atom stereocenters. The van der Waals surface area contributed by atoms with Crippen molar-refractivity contribution in [1.29, 1.82) is 0 Å². The highest BCUT2D eigenvalue weighted by Crippen LogP contribution is 2.38. The van der Waals surface area contributed by atoms with Crippen LogP contribution in [0.25, 0.3) is 0 Å². The third-order valence-electron chi connectivity index (χ3n) is 4.99. The molecule has 3 N–H and O–H groups in total. The van der Waals surface area contributed by atoms with Crippen LogP contribution >= 0.6 is 0 Å². The predicted octanol–water partition coefficient (Wildman–Crippen LogP) is 3.38. The minimum Gasteiger partial charge on any atom is -0.326 e. The average Bonchev–Trinajstić information content (AvgIpc) is 3.16. The van der Waals surface area contributed by atoms with Crippen LogP contribution in [0, 0.1) is 0 Å². The van der Waals surface area contributed by atoms with Gasteiger partial charge < -0.3 is 15.5 Å². The van der Waals surface area contributed by atoms with Crippen LogP contribution in [0.15, 0.2) is 54.7 Å². The number of para-hydroxylation sites is 1. The highest BCUT2D eigenvalue weighted by Gasteiger charge is 2.38. The van der Waals surface area contributed by atoms with E-state index in [0.717, 1.165) is 4.90 Å². The molecule has 1 aliphatic rings. The molecule has 1 amide bonds. The van der Waals surface area contributed by atoms with E-state index in [1.165, 1.54) is 19.2 Å². The van der Waals surface area contributed by atoms with E-state index in [0.29, 0.717) is 23.1 Å². The minimum absolute atomic E-state index is 0.163. The summed E-state index contributed by atoms with van der Waals surface area (Å²) < 4.78 is 68.3. The minimum atomic E-state index is -4.84. The zero-order valence-corrected chi connectivity index (χ0v) is 18.5. The number of nitrogens with one attached hydrogen (secondary N) is 3. The molecule has 4 rings (SSSR count). The molecule has 3 aromatic rings. The Bertz CT molecular complexity index is 1330. The Kier molecular flexibility index (Phi) is 6.15. The van der Waals surface area contributed by atoms with E-state index in [1.807, 2.05) is 0 Å². The normalized spacial score (nSPS) is 13.4. The highest BCUT2D eigenvalue weighted by atomic mass is 32.2. The molecule has 0 saturated carbocycles. The Morgan fingerprint density at radius 1 is 1.15 bits per heavy atom.